The number of aryl methyl sites for hydroxylation is 1. The summed E-state index contributed by atoms with van der Waals surface area (Å²) in [4.78, 5) is 14.0. The van der Waals surface area contributed by atoms with E-state index in [1.807, 2.05) is 23.7 Å². The number of benzene rings is 1. The second-order valence-corrected chi connectivity index (χ2v) is 6.00. The molecule has 0 aliphatic heterocycles. The molecule has 110 valence electrons. The highest BCUT2D eigenvalue weighted by atomic mass is 16.2. The van der Waals surface area contributed by atoms with Gasteiger partial charge in [-0.15, -0.1) is 0 Å². The molecule has 0 aliphatic rings. The largest absolute Gasteiger partial charge is 0.343 e. The summed E-state index contributed by atoms with van der Waals surface area (Å²) in [5, 5.41) is 1.20. The molecule has 2 heterocycles. The molecule has 0 N–H and O–H groups in total. The topological polar surface area (TPSA) is 30.2 Å². The number of hydrogen-bond acceptors (Lipinski definition) is 1. The molecular formula is C17H21N3O. The van der Waals surface area contributed by atoms with Gasteiger partial charge in [-0.05, 0) is 26.0 Å². The van der Waals surface area contributed by atoms with E-state index in [2.05, 4.69) is 36.6 Å². The van der Waals surface area contributed by atoms with E-state index in [-0.39, 0.29) is 5.91 Å². The van der Waals surface area contributed by atoms with E-state index in [1.54, 1.807) is 19.0 Å². The summed E-state index contributed by atoms with van der Waals surface area (Å²) >= 11 is 0. The van der Waals surface area contributed by atoms with Gasteiger partial charge in [-0.3, -0.25) is 4.79 Å². The summed E-state index contributed by atoms with van der Waals surface area (Å²) in [5.41, 5.74) is 4.20. The molecule has 0 fully saturated rings. The molecular weight excluding hydrogens is 262 g/mol. The van der Waals surface area contributed by atoms with Gasteiger partial charge in [-0.1, -0.05) is 18.2 Å². The first-order valence-corrected chi connectivity index (χ1v) is 7.23. The minimum absolute atomic E-state index is 0.0353. The van der Waals surface area contributed by atoms with Crippen LogP contribution in [0.15, 0.2) is 30.3 Å². The van der Waals surface area contributed by atoms with Gasteiger partial charge in [0.15, 0.2) is 0 Å². The molecule has 3 rings (SSSR count). The fourth-order valence-electron chi connectivity index (χ4n) is 3.09. The van der Waals surface area contributed by atoms with E-state index in [4.69, 9.17) is 0 Å². The lowest BCUT2D eigenvalue weighted by molar-refractivity contribution is 0.0819. The first-order valence-electron chi connectivity index (χ1n) is 7.23. The molecule has 4 nitrogen and oxygen atoms in total. The minimum atomic E-state index is 0.0353. The predicted molar refractivity (Wildman–Crippen MR) is 86.8 cm³/mol. The second-order valence-electron chi connectivity index (χ2n) is 6.00. The van der Waals surface area contributed by atoms with E-state index < -0.39 is 0 Å². The summed E-state index contributed by atoms with van der Waals surface area (Å²) in [5.74, 6) is 0.0353. The number of aromatic nitrogens is 2. The van der Waals surface area contributed by atoms with Crippen molar-refractivity contribution < 1.29 is 4.79 Å². The number of para-hydroxylation sites is 1. The quantitative estimate of drug-likeness (QED) is 0.709. The zero-order valence-corrected chi connectivity index (χ0v) is 13.2. The van der Waals surface area contributed by atoms with Crippen LogP contribution in [0.25, 0.3) is 21.9 Å². The Bertz CT molecular complexity index is 837. The van der Waals surface area contributed by atoms with Crippen LogP contribution in [0, 0.1) is 0 Å². The van der Waals surface area contributed by atoms with E-state index in [1.165, 1.54) is 10.9 Å². The van der Waals surface area contributed by atoms with Gasteiger partial charge in [0.05, 0.1) is 16.6 Å². The van der Waals surface area contributed by atoms with Crippen molar-refractivity contribution in [2.75, 3.05) is 14.1 Å². The van der Waals surface area contributed by atoms with Crippen LogP contribution in [-0.4, -0.2) is 34.0 Å². The smallest absolute Gasteiger partial charge is 0.270 e. The number of carbonyl (C=O) groups is 1. The van der Waals surface area contributed by atoms with Crippen molar-refractivity contribution in [2.24, 2.45) is 7.05 Å². The van der Waals surface area contributed by atoms with Crippen LogP contribution < -0.4 is 0 Å². The van der Waals surface area contributed by atoms with Gasteiger partial charge in [0.25, 0.3) is 5.91 Å². The average molecular weight is 283 g/mol. The van der Waals surface area contributed by atoms with Crippen molar-refractivity contribution in [3.63, 3.8) is 0 Å². The fourth-order valence-corrected chi connectivity index (χ4v) is 3.09. The Kier molecular flexibility index (Phi) is 3.04. The lowest BCUT2D eigenvalue weighted by Gasteiger charge is -2.12. The Balaban J connectivity index is 2.43. The Morgan fingerprint density at radius 3 is 2.43 bits per heavy atom. The van der Waals surface area contributed by atoms with Gasteiger partial charge < -0.3 is 14.0 Å². The predicted octanol–water partition coefficient (Wildman–Crippen LogP) is 3.42. The third-order valence-corrected chi connectivity index (χ3v) is 4.03. The fraction of sp³-hybridized carbons (Fsp3) is 0.353. The van der Waals surface area contributed by atoms with Crippen molar-refractivity contribution in [3.05, 3.63) is 36.0 Å². The highest BCUT2D eigenvalue weighted by molar-refractivity contribution is 6.10. The first-order chi connectivity index (χ1) is 9.93. The van der Waals surface area contributed by atoms with Crippen molar-refractivity contribution >= 4 is 27.8 Å². The number of rotatable bonds is 2. The number of fused-ring (bicyclic) bond motifs is 3. The van der Waals surface area contributed by atoms with Gasteiger partial charge in [0, 0.05) is 32.6 Å². The molecule has 0 radical (unpaired) electrons. The van der Waals surface area contributed by atoms with Gasteiger partial charge in [-0.25, -0.2) is 0 Å². The summed E-state index contributed by atoms with van der Waals surface area (Å²) < 4.78 is 4.32. The summed E-state index contributed by atoms with van der Waals surface area (Å²) in [7, 11) is 5.54. The molecule has 0 unspecified atom stereocenters. The van der Waals surface area contributed by atoms with Gasteiger partial charge in [-0.2, -0.15) is 0 Å². The van der Waals surface area contributed by atoms with Crippen LogP contribution in [-0.2, 0) is 7.05 Å². The molecule has 0 saturated carbocycles. The van der Waals surface area contributed by atoms with Crippen molar-refractivity contribution in [1.29, 1.82) is 0 Å². The number of carbonyl (C=O) groups excluding carboxylic acids is 1. The van der Waals surface area contributed by atoms with Crippen LogP contribution in [0.5, 0.6) is 0 Å². The molecule has 1 aromatic carbocycles. The maximum atomic E-state index is 12.3. The Morgan fingerprint density at radius 2 is 1.81 bits per heavy atom. The highest BCUT2D eigenvalue weighted by Crippen LogP contribution is 2.33. The summed E-state index contributed by atoms with van der Waals surface area (Å²) in [6.45, 7) is 4.35. The molecule has 3 aromatic rings. The molecule has 0 bridgehead atoms. The zero-order chi connectivity index (χ0) is 15.3. The maximum absolute atomic E-state index is 12.3. The van der Waals surface area contributed by atoms with Crippen LogP contribution in [0.3, 0.4) is 0 Å². The Labute approximate surface area is 124 Å². The molecule has 21 heavy (non-hydrogen) atoms. The molecule has 1 amide bonds. The van der Waals surface area contributed by atoms with Crippen molar-refractivity contribution in [3.8, 4) is 0 Å². The second kappa shape index (κ2) is 4.65. The summed E-state index contributed by atoms with van der Waals surface area (Å²) in [6, 6.07) is 10.7. The minimum Gasteiger partial charge on any atom is -0.343 e. The SMILES string of the molecule is CC(C)n1c2ccccc2c2c1cc(C(=O)N(C)C)n2C. The van der Waals surface area contributed by atoms with Crippen LogP contribution in [0.4, 0.5) is 0 Å². The molecule has 0 saturated heterocycles. The first kappa shape index (κ1) is 13.7. The number of hydrogen-bond donors (Lipinski definition) is 0. The lowest BCUT2D eigenvalue weighted by atomic mass is 10.2. The van der Waals surface area contributed by atoms with E-state index in [0.717, 1.165) is 16.7 Å². The lowest BCUT2D eigenvalue weighted by Crippen LogP contribution is -2.23. The number of nitrogens with zero attached hydrogens (tertiary/aromatic N) is 3. The molecule has 0 atom stereocenters. The highest BCUT2D eigenvalue weighted by Gasteiger charge is 2.21. The third kappa shape index (κ3) is 1.86. The van der Waals surface area contributed by atoms with Crippen molar-refractivity contribution in [2.45, 2.75) is 19.9 Å². The molecule has 0 aliphatic carbocycles. The van der Waals surface area contributed by atoms with Gasteiger partial charge in [0.1, 0.15) is 5.69 Å². The molecule has 0 spiro atoms. The third-order valence-electron chi connectivity index (χ3n) is 4.03. The average Bonchev–Trinajstić information content (AvgIpc) is 2.92. The van der Waals surface area contributed by atoms with Crippen LogP contribution in [0.2, 0.25) is 0 Å². The monoisotopic (exact) mass is 283 g/mol. The molecule has 2 aromatic heterocycles. The standard InChI is InChI=1S/C17H21N3O/c1-11(2)20-13-9-7-6-8-12(13)16-14(20)10-15(19(16)5)17(21)18(3)4/h6-11H,1-5H3. The Hall–Kier alpha value is -2.23. The van der Waals surface area contributed by atoms with Crippen LogP contribution >= 0.6 is 0 Å². The van der Waals surface area contributed by atoms with Crippen molar-refractivity contribution in [1.82, 2.24) is 14.0 Å². The zero-order valence-electron chi connectivity index (χ0n) is 13.2. The maximum Gasteiger partial charge on any atom is 0.270 e. The van der Waals surface area contributed by atoms with E-state index >= 15 is 0 Å². The Morgan fingerprint density at radius 1 is 1.14 bits per heavy atom. The van der Waals surface area contributed by atoms with Gasteiger partial charge in [0.2, 0.25) is 0 Å². The summed E-state index contributed by atoms with van der Waals surface area (Å²) in [6.07, 6.45) is 0. The molecule has 4 heteroatoms. The normalized spacial score (nSPS) is 11.7. The van der Waals surface area contributed by atoms with E-state index in [0.29, 0.717) is 6.04 Å². The number of amides is 1. The van der Waals surface area contributed by atoms with Crippen LogP contribution in [0.1, 0.15) is 30.4 Å². The van der Waals surface area contributed by atoms with E-state index in [9.17, 15) is 4.79 Å². The van der Waals surface area contributed by atoms with Gasteiger partial charge >= 0.3 is 0 Å².